The number of likely N-dealkylation sites (tertiary alicyclic amines) is 1. The zero-order valence-corrected chi connectivity index (χ0v) is 22.0. The molecule has 7 heteroatoms. The molecule has 3 aromatic rings. The Labute approximate surface area is 222 Å². The second-order valence-electron chi connectivity index (χ2n) is 9.50. The van der Waals surface area contributed by atoms with E-state index in [0.29, 0.717) is 41.5 Å². The van der Waals surface area contributed by atoms with Gasteiger partial charge in [0.2, 0.25) is 0 Å². The van der Waals surface area contributed by atoms with Crippen molar-refractivity contribution in [1.82, 2.24) is 9.80 Å². The van der Waals surface area contributed by atoms with Gasteiger partial charge >= 0.3 is 0 Å². The number of ketones is 1. The first-order chi connectivity index (χ1) is 17.7. The van der Waals surface area contributed by atoms with E-state index in [-0.39, 0.29) is 11.3 Å². The largest absolute Gasteiger partial charge is 0.507 e. The lowest BCUT2D eigenvalue weighted by molar-refractivity contribution is -0.139. The van der Waals surface area contributed by atoms with Gasteiger partial charge < -0.3 is 19.6 Å². The molecule has 3 aromatic carbocycles. The maximum absolute atomic E-state index is 13.2. The van der Waals surface area contributed by atoms with E-state index in [1.807, 2.05) is 44.1 Å². The van der Waals surface area contributed by atoms with Gasteiger partial charge in [0, 0.05) is 17.1 Å². The van der Waals surface area contributed by atoms with Gasteiger partial charge in [-0.1, -0.05) is 53.6 Å². The summed E-state index contributed by atoms with van der Waals surface area (Å²) < 4.78 is 5.88. The van der Waals surface area contributed by atoms with Crippen molar-refractivity contribution in [3.63, 3.8) is 0 Å². The van der Waals surface area contributed by atoms with Crippen LogP contribution in [0.2, 0.25) is 5.02 Å². The molecule has 0 unspecified atom stereocenters. The lowest BCUT2D eigenvalue weighted by Gasteiger charge is -2.26. The molecule has 1 saturated heterocycles. The number of halogens is 1. The maximum Gasteiger partial charge on any atom is 0.295 e. The number of Topliss-reactive ketones (excluding diaryl/α,β-unsaturated/α-hetero) is 1. The van der Waals surface area contributed by atoms with Gasteiger partial charge in [0.1, 0.15) is 18.1 Å². The van der Waals surface area contributed by atoms with Crippen molar-refractivity contribution >= 4 is 29.1 Å². The number of hydrogen-bond acceptors (Lipinski definition) is 5. The van der Waals surface area contributed by atoms with E-state index in [1.54, 1.807) is 53.4 Å². The summed E-state index contributed by atoms with van der Waals surface area (Å²) in [5.41, 5.74) is 3.45. The van der Waals surface area contributed by atoms with Crippen LogP contribution in [-0.4, -0.2) is 53.8 Å². The second kappa shape index (κ2) is 11.6. The highest BCUT2D eigenvalue weighted by Gasteiger charge is 2.45. The Balaban J connectivity index is 1.62. The number of ether oxygens (including phenoxy) is 1. The Morgan fingerprint density at radius 1 is 1.03 bits per heavy atom. The van der Waals surface area contributed by atoms with E-state index in [9.17, 15) is 14.7 Å². The molecule has 1 heterocycles. The van der Waals surface area contributed by atoms with Gasteiger partial charge in [0.15, 0.2) is 0 Å². The zero-order chi connectivity index (χ0) is 26.5. The molecule has 1 amide bonds. The van der Waals surface area contributed by atoms with Crippen LogP contribution in [0.3, 0.4) is 0 Å². The average Bonchev–Trinajstić information content (AvgIpc) is 3.13. The highest BCUT2D eigenvalue weighted by atomic mass is 35.5. The maximum atomic E-state index is 13.2. The van der Waals surface area contributed by atoms with Crippen molar-refractivity contribution in [3.05, 3.63) is 106 Å². The standard InChI is InChI=1S/C30H31ClN2O4/c1-20-6-4-7-21(18-20)19-37-25-14-10-23(11-15-25)28(34)26-27(22-8-12-24(31)13-9-22)33(30(36)29(26)35)17-5-16-32(2)3/h4,6-15,18,27,34H,5,16-17,19H2,1-3H3/b28-26+/t27-/m0/s1. The fourth-order valence-electron chi connectivity index (χ4n) is 4.49. The van der Waals surface area contributed by atoms with Crippen LogP contribution in [0.4, 0.5) is 0 Å². The number of amides is 1. The third-order valence-electron chi connectivity index (χ3n) is 6.35. The number of nitrogens with zero attached hydrogens (tertiary/aromatic N) is 2. The van der Waals surface area contributed by atoms with Gasteiger partial charge in [0.25, 0.3) is 11.7 Å². The summed E-state index contributed by atoms with van der Waals surface area (Å²) >= 11 is 6.09. The van der Waals surface area contributed by atoms with Crippen LogP contribution in [0.1, 0.15) is 34.7 Å². The van der Waals surface area contributed by atoms with Gasteiger partial charge in [-0.05, 0) is 81.5 Å². The predicted octanol–water partition coefficient (Wildman–Crippen LogP) is 5.60. The van der Waals surface area contributed by atoms with Crippen LogP contribution < -0.4 is 4.74 Å². The number of carbonyl (C=O) groups is 2. The lowest BCUT2D eigenvalue weighted by Crippen LogP contribution is -2.32. The zero-order valence-electron chi connectivity index (χ0n) is 21.3. The molecule has 0 saturated carbocycles. The minimum atomic E-state index is -0.698. The normalized spacial score (nSPS) is 17.0. The molecule has 4 rings (SSSR count). The van der Waals surface area contributed by atoms with Crippen molar-refractivity contribution < 1.29 is 19.4 Å². The second-order valence-corrected chi connectivity index (χ2v) is 9.94. The van der Waals surface area contributed by atoms with E-state index in [4.69, 9.17) is 16.3 Å². The van der Waals surface area contributed by atoms with Crippen LogP contribution in [0.25, 0.3) is 5.76 Å². The molecule has 0 aliphatic carbocycles. The van der Waals surface area contributed by atoms with Crippen LogP contribution >= 0.6 is 11.6 Å². The number of aryl methyl sites for hydroxylation is 1. The fourth-order valence-corrected chi connectivity index (χ4v) is 4.62. The Morgan fingerprint density at radius 2 is 1.73 bits per heavy atom. The topological polar surface area (TPSA) is 70.1 Å². The summed E-state index contributed by atoms with van der Waals surface area (Å²) in [6.45, 7) is 3.60. The predicted molar refractivity (Wildman–Crippen MR) is 146 cm³/mol. The summed E-state index contributed by atoms with van der Waals surface area (Å²) in [6, 6.07) is 21.3. The van der Waals surface area contributed by atoms with Crippen LogP contribution in [-0.2, 0) is 16.2 Å². The lowest BCUT2D eigenvalue weighted by atomic mass is 9.95. The molecule has 0 radical (unpaired) electrons. The number of hydrogen-bond donors (Lipinski definition) is 1. The molecule has 6 nitrogen and oxygen atoms in total. The van der Waals surface area contributed by atoms with E-state index < -0.39 is 17.7 Å². The van der Waals surface area contributed by atoms with Gasteiger partial charge in [-0.15, -0.1) is 0 Å². The third-order valence-corrected chi connectivity index (χ3v) is 6.60. The molecule has 0 bridgehead atoms. The number of aliphatic hydroxyl groups is 1. The van der Waals surface area contributed by atoms with E-state index in [1.165, 1.54) is 0 Å². The summed E-state index contributed by atoms with van der Waals surface area (Å²) in [5, 5.41) is 11.8. The van der Waals surface area contributed by atoms with E-state index in [0.717, 1.165) is 17.7 Å². The van der Waals surface area contributed by atoms with Crippen LogP contribution in [0.5, 0.6) is 5.75 Å². The Morgan fingerprint density at radius 3 is 2.38 bits per heavy atom. The molecule has 0 aromatic heterocycles. The first-order valence-corrected chi connectivity index (χ1v) is 12.6. The quantitative estimate of drug-likeness (QED) is 0.227. The van der Waals surface area contributed by atoms with Crippen molar-refractivity contribution in [2.24, 2.45) is 0 Å². The molecular weight excluding hydrogens is 488 g/mol. The molecule has 37 heavy (non-hydrogen) atoms. The van der Waals surface area contributed by atoms with Crippen molar-refractivity contribution in [3.8, 4) is 5.75 Å². The Bertz CT molecular complexity index is 1300. The van der Waals surface area contributed by atoms with Crippen molar-refractivity contribution in [1.29, 1.82) is 0 Å². The fraction of sp³-hybridized carbons (Fsp3) is 0.267. The van der Waals surface area contributed by atoms with Gasteiger partial charge in [-0.25, -0.2) is 0 Å². The summed E-state index contributed by atoms with van der Waals surface area (Å²) in [6.07, 6.45) is 0.692. The average molecular weight is 519 g/mol. The van der Waals surface area contributed by atoms with Gasteiger partial charge in [0.05, 0.1) is 11.6 Å². The number of benzene rings is 3. The molecule has 0 spiro atoms. The summed E-state index contributed by atoms with van der Waals surface area (Å²) in [4.78, 5) is 29.8. The van der Waals surface area contributed by atoms with E-state index in [2.05, 4.69) is 6.07 Å². The first-order valence-electron chi connectivity index (χ1n) is 12.2. The molecule has 1 atom stereocenters. The number of carbonyl (C=O) groups excluding carboxylic acids is 2. The molecular formula is C30H31ClN2O4. The Hall–Kier alpha value is -3.61. The van der Waals surface area contributed by atoms with Crippen LogP contribution in [0.15, 0.2) is 78.4 Å². The molecule has 1 aliphatic rings. The summed E-state index contributed by atoms with van der Waals surface area (Å²) in [7, 11) is 3.91. The molecule has 1 N–H and O–H groups in total. The van der Waals surface area contributed by atoms with Crippen molar-refractivity contribution in [2.75, 3.05) is 27.2 Å². The minimum absolute atomic E-state index is 0.0746. The van der Waals surface area contributed by atoms with Gasteiger partial charge in [-0.2, -0.15) is 0 Å². The van der Waals surface area contributed by atoms with Crippen LogP contribution in [0, 0.1) is 6.92 Å². The molecule has 1 aliphatic heterocycles. The monoisotopic (exact) mass is 518 g/mol. The van der Waals surface area contributed by atoms with Crippen molar-refractivity contribution in [2.45, 2.75) is 26.0 Å². The molecule has 192 valence electrons. The minimum Gasteiger partial charge on any atom is -0.507 e. The smallest absolute Gasteiger partial charge is 0.295 e. The highest BCUT2D eigenvalue weighted by Crippen LogP contribution is 2.40. The SMILES string of the molecule is Cc1cccc(COc2ccc(/C(O)=C3\C(=O)C(=O)N(CCCN(C)C)[C@H]3c3ccc(Cl)cc3)cc2)c1. The number of aliphatic hydroxyl groups excluding tert-OH is 1. The summed E-state index contributed by atoms with van der Waals surface area (Å²) in [5.74, 6) is -0.879. The number of rotatable bonds is 9. The highest BCUT2D eigenvalue weighted by molar-refractivity contribution is 6.46. The van der Waals surface area contributed by atoms with Gasteiger partial charge in [-0.3, -0.25) is 9.59 Å². The Kier molecular flexibility index (Phi) is 8.31. The molecule has 1 fully saturated rings. The first kappa shape index (κ1) is 26.5. The third kappa shape index (κ3) is 6.21. The van der Waals surface area contributed by atoms with E-state index >= 15 is 0 Å².